The van der Waals surface area contributed by atoms with Crippen LogP contribution in [0, 0.1) is 10.1 Å². The lowest BCUT2D eigenvalue weighted by atomic mass is 10.1. The maximum absolute atomic E-state index is 12.4. The number of hydrogen-bond donors (Lipinski definition) is 1. The smallest absolute Gasteiger partial charge is 0.271 e. The zero-order chi connectivity index (χ0) is 21.9. The van der Waals surface area contributed by atoms with Crippen molar-refractivity contribution in [3.8, 4) is 17.2 Å². The van der Waals surface area contributed by atoms with Crippen molar-refractivity contribution in [2.45, 2.75) is 39.5 Å². The lowest BCUT2D eigenvalue weighted by molar-refractivity contribution is -0.384. The zero-order valence-electron chi connectivity index (χ0n) is 17.6. The van der Waals surface area contributed by atoms with Gasteiger partial charge in [0.05, 0.1) is 30.9 Å². The summed E-state index contributed by atoms with van der Waals surface area (Å²) >= 11 is 0. The quantitative estimate of drug-likeness (QED) is 0.304. The Labute approximate surface area is 176 Å². The van der Waals surface area contributed by atoms with Crippen molar-refractivity contribution in [3.05, 3.63) is 52.1 Å². The summed E-state index contributed by atoms with van der Waals surface area (Å²) in [5.74, 6) is 1.45. The molecule has 0 unspecified atom stereocenters. The average molecular weight is 416 g/mol. The third-order valence-electron chi connectivity index (χ3n) is 4.37. The van der Waals surface area contributed by atoms with Crippen LogP contribution < -0.4 is 19.5 Å². The lowest BCUT2D eigenvalue weighted by Gasteiger charge is -2.13. The molecule has 0 fully saturated rings. The minimum atomic E-state index is -0.519. The molecule has 8 nitrogen and oxygen atoms in total. The number of rotatable bonds is 12. The van der Waals surface area contributed by atoms with E-state index in [0.29, 0.717) is 36.9 Å². The van der Waals surface area contributed by atoms with Gasteiger partial charge < -0.3 is 19.5 Å². The molecule has 30 heavy (non-hydrogen) atoms. The largest absolute Gasteiger partial charge is 0.495 e. The monoisotopic (exact) mass is 416 g/mol. The van der Waals surface area contributed by atoms with Crippen molar-refractivity contribution in [1.29, 1.82) is 0 Å². The number of methoxy groups -OCH3 is 1. The Morgan fingerprint density at radius 1 is 1.07 bits per heavy atom. The highest BCUT2D eigenvalue weighted by atomic mass is 16.6. The number of benzene rings is 2. The minimum Gasteiger partial charge on any atom is -0.495 e. The first kappa shape index (κ1) is 23.0. The van der Waals surface area contributed by atoms with Crippen LogP contribution in [0.15, 0.2) is 36.4 Å². The van der Waals surface area contributed by atoms with Crippen LogP contribution in [0.3, 0.4) is 0 Å². The number of unbranched alkanes of at least 4 members (excludes halogenated alkanes) is 1. The number of nitrogens with one attached hydrogen (secondary N) is 1. The van der Waals surface area contributed by atoms with Crippen LogP contribution in [0.2, 0.25) is 0 Å². The maximum atomic E-state index is 12.4. The number of anilines is 1. The molecule has 8 heteroatoms. The van der Waals surface area contributed by atoms with Gasteiger partial charge in [-0.2, -0.15) is 0 Å². The summed E-state index contributed by atoms with van der Waals surface area (Å²) in [6, 6.07) is 9.72. The van der Waals surface area contributed by atoms with Gasteiger partial charge in [0, 0.05) is 18.6 Å². The molecule has 0 aliphatic carbocycles. The van der Waals surface area contributed by atoms with Crippen molar-refractivity contribution < 1.29 is 23.9 Å². The molecule has 2 aromatic rings. The van der Waals surface area contributed by atoms with Gasteiger partial charge in [0.1, 0.15) is 5.75 Å². The van der Waals surface area contributed by atoms with Crippen molar-refractivity contribution in [2.24, 2.45) is 0 Å². The highest BCUT2D eigenvalue weighted by molar-refractivity contribution is 5.92. The Kier molecular flexibility index (Phi) is 8.93. The second-order valence-corrected chi connectivity index (χ2v) is 6.61. The summed E-state index contributed by atoms with van der Waals surface area (Å²) in [5, 5.41) is 13.7. The fraction of sp³-hybridized carbons (Fsp3) is 0.409. The van der Waals surface area contributed by atoms with Crippen LogP contribution in [0.4, 0.5) is 11.4 Å². The van der Waals surface area contributed by atoms with Crippen LogP contribution in [0.5, 0.6) is 17.2 Å². The van der Waals surface area contributed by atoms with E-state index < -0.39 is 4.92 Å². The van der Waals surface area contributed by atoms with Crippen molar-refractivity contribution in [3.63, 3.8) is 0 Å². The van der Waals surface area contributed by atoms with E-state index in [9.17, 15) is 14.9 Å². The van der Waals surface area contributed by atoms with Crippen LogP contribution in [0.25, 0.3) is 0 Å². The third-order valence-corrected chi connectivity index (χ3v) is 4.37. The number of amides is 1. The maximum Gasteiger partial charge on any atom is 0.271 e. The van der Waals surface area contributed by atoms with Crippen LogP contribution in [0.1, 0.15) is 38.7 Å². The first-order valence-electron chi connectivity index (χ1n) is 9.99. The van der Waals surface area contributed by atoms with E-state index in [4.69, 9.17) is 14.2 Å². The number of nitro groups is 1. The Morgan fingerprint density at radius 2 is 1.83 bits per heavy atom. The number of aryl methyl sites for hydroxylation is 1. The van der Waals surface area contributed by atoms with Gasteiger partial charge in [-0.1, -0.05) is 19.4 Å². The molecule has 0 heterocycles. The van der Waals surface area contributed by atoms with Crippen LogP contribution >= 0.6 is 0 Å². The van der Waals surface area contributed by atoms with Gasteiger partial charge in [0.2, 0.25) is 5.91 Å². The number of carbonyl (C=O) groups excluding carboxylic acids is 1. The molecule has 0 atom stereocenters. The molecule has 0 spiro atoms. The van der Waals surface area contributed by atoms with Gasteiger partial charge in [-0.15, -0.1) is 0 Å². The SMILES string of the molecule is CCCCOc1ccc(CCC(=O)Nc2cc([N+](=O)[O-])ccc2OC)cc1OCC. The Bertz CT molecular complexity index is 869. The van der Waals surface area contributed by atoms with Gasteiger partial charge in [-0.25, -0.2) is 0 Å². The summed E-state index contributed by atoms with van der Waals surface area (Å²) in [6.45, 7) is 5.15. The third kappa shape index (κ3) is 6.65. The molecular weight excluding hydrogens is 388 g/mol. The number of nitro benzene ring substituents is 1. The van der Waals surface area contributed by atoms with Crippen molar-refractivity contribution in [2.75, 3.05) is 25.6 Å². The zero-order valence-corrected chi connectivity index (χ0v) is 17.6. The van der Waals surface area contributed by atoms with Crippen LogP contribution in [-0.2, 0) is 11.2 Å². The molecule has 0 radical (unpaired) electrons. The van der Waals surface area contributed by atoms with Gasteiger partial charge >= 0.3 is 0 Å². The summed E-state index contributed by atoms with van der Waals surface area (Å²) in [7, 11) is 1.44. The molecule has 1 amide bonds. The van der Waals surface area contributed by atoms with E-state index in [0.717, 1.165) is 18.4 Å². The highest BCUT2D eigenvalue weighted by Gasteiger charge is 2.14. The van der Waals surface area contributed by atoms with Gasteiger partial charge in [0.15, 0.2) is 11.5 Å². The average Bonchev–Trinajstić information content (AvgIpc) is 2.73. The van der Waals surface area contributed by atoms with E-state index >= 15 is 0 Å². The molecule has 2 aromatic carbocycles. The summed E-state index contributed by atoms with van der Waals surface area (Å²) in [5.41, 5.74) is 1.08. The molecular formula is C22H28N2O6. The van der Waals surface area contributed by atoms with Gasteiger partial charge in [-0.3, -0.25) is 14.9 Å². The minimum absolute atomic E-state index is 0.119. The summed E-state index contributed by atoms with van der Waals surface area (Å²) in [6.07, 6.45) is 2.70. The van der Waals surface area contributed by atoms with E-state index in [1.54, 1.807) is 0 Å². The normalized spacial score (nSPS) is 10.4. The second-order valence-electron chi connectivity index (χ2n) is 6.61. The first-order valence-corrected chi connectivity index (χ1v) is 9.99. The molecule has 0 saturated carbocycles. The Hall–Kier alpha value is -3.29. The first-order chi connectivity index (χ1) is 14.5. The molecule has 0 aromatic heterocycles. The highest BCUT2D eigenvalue weighted by Crippen LogP contribution is 2.30. The second kappa shape index (κ2) is 11.6. The molecule has 0 saturated heterocycles. The number of non-ortho nitro benzene ring substituents is 1. The van der Waals surface area contributed by atoms with E-state index in [1.165, 1.54) is 25.3 Å². The van der Waals surface area contributed by atoms with E-state index in [-0.39, 0.29) is 23.7 Å². The lowest BCUT2D eigenvalue weighted by Crippen LogP contribution is -2.13. The topological polar surface area (TPSA) is 99.9 Å². The molecule has 0 aliphatic heterocycles. The van der Waals surface area contributed by atoms with Crippen molar-refractivity contribution in [1.82, 2.24) is 0 Å². The van der Waals surface area contributed by atoms with Gasteiger partial charge in [0.25, 0.3) is 5.69 Å². The molecule has 0 aliphatic rings. The number of nitrogens with zero attached hydrogens (tertiary/aromatic N) is 1. The standard InChI is InChI=1S/C22H28N2O6/c1-4-6-13-30-20-10-7-16(14-21(20)29-5-2)8-12-22(25)23-18-15-17(24(26)27)9-11-19(18)28-3/h7,9-11,14-15H,4-6,8,12-13H2,1-3H3,(H,23,25). The number of hydrogen-bond acceptors (Lipinski definition) is 6. The predicted molar refractivity (Wildman–Crippen MR) is 115 cm³/mol. The van der Waals surface area contributed by atoms with Gasteiger partial charge in [-0.05, 0) is 43.5 Å². The number of ether oxygens (including phenoxy) is 3. The van der Waals surface area contributed by atoms with Crippen LogP contribution in [-0.4, -0.2) is 31.2 Å². The molecule has 0 bridgehead atoms. The fourth-order valence-corrected chi connectivity index (χ4v) is 2.80. The summed E-state index contributed by atoms with van der Waals surface area (Å²) in [4.78, 5) is 22.9. The predicted octanol–water partition coefficient (Wildman–Crippen LogP) is 4.75. The molecule has 162 valence electrons. The van der Waals surface area contributed by atoms with E-state index in [1.807, 2.05) is 25.1 Å². The summed E-state index contributed by atoms with van der Waals surface area (Å²) < 4.78 is 16.6. The van der Waals surface area contributed by atoms with E-state index in [2.05, 4.69) is 12.2 Å². The van der Waals surface area contributed by atoms with Crippen molar-refractivity contribution >= 4 is 17.3 Å². The Balaban J connectivity index is 2.02. The molecule has 2 rings (SSSR count). The Morgan fingerprint density at radius 3 is 2.50 bits per heavy atom. The fourth-order valence-electron chi connectivity index (χ4n) is 2.80. The molecule has 1 N–H and O–H groups in total. The number of carbonyl (C=O) groups is 1.